The van der Waals surface area contributed by atoms with Gasteiger partial charge in [0.25, 0.3) is 0 Å². The minimum Gasteiger partial charge on any atom is -0.507 e. The van der Waals surface area contributed by atoms with Crippen LogP contribution >= 0.6 is 0 Å². The van der Waals surface area contributed by atoms with E-state index in [4.69, 9.17) is 4.74 Å². The first-order valence-electron chi connectivity index (χ1n) is 12.4. The molecular formula is C27H30N2O9. The van der Waals surface area contributed by atoms with Crippen LogP contribution in [0.1, 0.15) is 82.2 Å². The first-order chi connectivity index (χ1) is 18.0. The predicted molar refractivity (Wildman–Crippen MR) is 133 cm³/mol. The molecule has 11 nitrogen and oxygen atoms in total. The maximum atomic E-state index is 13.2. The summed E-state index contributed by atoms with van der Waals surface area (Å²) in [5, 5.41) is 49.4. The molecule has 0 saturated carbocycles. The van der Waals surface area contributed by atoms with Gasteiger partial charge >= 0.3 is 6.09 Å². The van der Waals surface area contributed by atoms with Crippen LogP contribution in [0.25, 0.3) is 0 Å². The number of aliphatic hydroxyl groups excluding tert-OH is 1. The zero-order valence-corrected chi connectivity index (χ0v) is 21.0. The molecule has 4 rings (SSSR count). The van der Waals surface area contributed by atoms with Gasteiger partial charge in [-0.1, -0.05) is 31.2 Å². The Kier molecular flexibility index (Phi) is 7.43. The summed E-state index contributed by atoms with van der Waals surface area (Å²) in [5.74, 6) is -2.85. The normalized spacial score (nSPS) is 20.6. The molecule has 6 N–H and O–H groups in total. The SMILES string of the molecule is CCCNC(=O)CCNC(=O)OC(C)[C@]1(O)Cc2c(O)c3c(c(O)c2[C@@H](O)C1)C(=O)c1ccccc1C3=O. The Bertz CT molecular complexity index is 1320. The van der Waals surface area contributed by atoms with Crippen molar-refractivity contribution in [1.29, 1.82) is 0 Å². The van der Waals surface area contributed by atoms with Gasteiger partial charge in [-0.3, -0.25) is 14.4 Å². The van der Waals surface area contributed by atoms with Crippen molar-refractivity contribution in [2.24, 2.45) is 0 Å². The van der Waals surface area contributed by atoms with Crippen LogP contribution < -0.4 is 10.6 Å². The van der Waals surface area contributed by atoms with Crippen LogP contribution in [0.4, 0.5) is 4.79 Å². The second-order valence-corrected chi connectivity index (χ2v) is 9.62. The molecule has 3 atom stereocenters. The lowest BCUT2D eigenvalue weighted by molar-refractivity contribution is -0.121. The highest BCUT2D eigenvalue weighted by atomic mass is 16.6. The number of fused-ring (bicyclic) bond motifs is 3. The number of benzene rings is 2. The Morgan fingerprint density at radius 1 is 1.05 bits per heavy atom. The molecule has 2 aliphatic carbocycles. The lowest BCUT2D eigenvalue weighted by Gasteiger charge is -2.40. The summed E-state index contributed by atoms with van der Waals surface area (Å²) in [5.41, 5.74) is -2.86. The second kappa shape index (κ2) is 10.4. The molecule has 0 bridgehead atoms. The number of ether oxygens (including phenoxy) is 1. The minimum absolute atomic E-state index is 0.00337. The number of hydrogen-bond donors (Lipinski definition) is 6. The van der Waals surface area contributed by atoms with Crippen LogP contribution in [-0.2, 0) is 16.0 Å². The molecule has 2 amide bonds. The number of alkyl carbamates (subject to hydrolysis) is 1. The van der Waals surface area contributed by atoms with Crippen molar-refractivity contribution in [2.45, 2.75) is 57.3 Å². The molecule has 2 aromatic carbocycles. The number of carbonyl (C=O) groups excluding carboxylic acids is 4. The number of rotatable bonds is 7. The largest absolute Gasteiger partial charge is 0.507 e. The Hall–Kier alpha value is -3.96. The molecule has 0 spiro atoms. The average molecular weight is 527 g/mol. The van der Waals surface area contributed by atoms with E-state index < -0.39 is 64.5 Å². The van der Waals surface area contributed by atoms with Gasteiger partial charge in [0, 0.05) is 54.6 Å². The third kappa shape index (κ3) is 4.70. The van der Waals surface area contributed by atoms with Gasteiger partial charge in [-0.2, -0.15) is 0 Å². The smallest absolute Gasteiger partial charge is 0.407 e. The molecule has 1 unspecified atom stereocenters. The van der Waals surface area contributed by atoms with Crippen molar-refractivity contribution in [2.75, 3.05) is 13.1 Å². The van der Waals surface area contributed by atoms with E-state index in [1.165, 1.54) is 19.1 Å². The van der Waals surface area contributed by atoms with Gasteiger partial charge < -0.3 is 35.8 Å². The van der Waals surface area contributed by atoms with Crippen LogP contribution in [0.3, 0.4) is 0 Å². The number of phenols is 2. The molecule has 0 aromatic heterocycles. The van der Waals surface area contributed by atoms with E-state index in [0.29, 0.717) is 6.54 Å². The maximum Gasteiger partial charge on any atom is 0.407 e. The number of phenolic OH excluding ortho intramolecular Hbond substituents is 2. The van der Waals surface area contributed by atoms with Gasteiger partial charge in [-0.15, -0.1) is 0 Å². The summed E-state index contributed by atoms with van der Waals surface area (Å²) in [6, 6.07) is 6.00. The van der Waals surface area contributed by atoms with E-state index in [9.17, 15) is 39.6 Å². The first kappa shape index (κ1) is 27.1. The molecule has 0 heterocycles. The molecule has 2 aromatic rings. The highest BCUT2D eigenvalue weighted by molar-refractivity contribution is 6.30. The average Bonchev–Trinajstić information content (AvgIpc) is 2.87. The maximum absolute atomic E-state index is 13.2. The van der Waals surface area contributed by atoms with Gasteiger partial charge in [0.2, 0.25) is 5.91 Å². The number of nitrogens with one attached hydrogen (secondary N) is 2. The van der Waals surface area contributed by atoms with E-state index in [1.54, 1.807) is 12.1 Å². The molecule has 202 valence electrons. The van der Waals surface area contributed by atoms with E-state index in [-0.39, 0.29) is 47.5 Å². The number of carbonyl (C=O) groups is 4. The van der Waals surface area contributed by atoms with E-state index >= 15 is 0 Å². The number of amides is 2. The molecule has 0 radical (unpaired) electrons. The summed E-state index contributed by atoms with van der Waals surface area (Å²) < 4.78 is 5.28. The van der Waals surface area contributed by atoms with Crippen LogP contribution in [0, 0.1) is 0 Å². The van der Waals surface area contributed by atoms with E-state index in [0.717, 1.165) is 6.42 Å². The third-order valence-electron chi connectivity index (χ3n) is 7.06. The van der Waals surface area contributed by atoms with Gasteiger partial charge in [-0.25, -0.2) is 4.79 Å². The molecule has 0 saturated heterocycles. The van der Waals surface area contributed by atoms with Crippen LogP contribution in [-0.4, -0.2) is 68.8 Å². The van der Waals surface area contributed by atoms with Crippen molar-refractivity contribution < 1.29 is 44.3 Å². The fourth-order valence-electron chi connectivity index (χ4n) is 4.99. The molecule has 2 aliphatic rings. The van der Waals surface area contributed by atoms with Crippen molar-refractivity contribution in [3.05, 3.63) is 57.6 Å². The van der Waals surface area contributed by atoms with Crippen molar-refractivity contribution in [3.63, 3.8) is 0 Å². The Morgan fingerprint density at radius 3 is 2.26 bits per heavy atom. The molecule has 0 fully saturated rings. The fourth-order valence-corrected chi connectivity index (χ4v) is 4.99. The molecular weight excluding hydrogens is 496 g/mol. The van der Waals surface area contributed by atoms with Gasteiger partial charge in [0.05, 0.1) is 17.2 Å². The van der Waals surface area contributed by atoms with Crippen LogP contribution in [0.5, 0.6) is 11.5 Å². The highest BCUT2D eigenvalue weighted by Gasteiger charge is 2.48. The summed E-state index contributed by atoms with van der Waals surface area (Å²) in [6.45, 7) is 3.83. The lowest BCUT2D eigenvalue weighted by atomic mass is 9.72. The topological polar surface area (TPSA) is 182 Å². The standard InChI is InChI=1S/C27H30N2O9/c1-3-9-28-18(31)8-10-29-26(36)38-13(2)27(37)11-16-19(17(30)12-27)25(35)21-20(24(16)34)22(32)14-6-4-5-7-15(14)23(21)33/h4-7,13,17,30,34-35,37H,3,8-12H2,1-2H3,(H,28,31)(H,29,36)/t13?,17-,27-/m0/s1. The Morgan fingerprint density at radius 2 is 1.66 bits per heavy atom. The number of aliphatic hydroxyl groups is 2. The summed E-state index contributed by atoms with van der Waals surface area (Å²) >= 11 is 0. The van der Waals surface area contributed by atoms with Gasteiger partial charge in [-0.05, 0) is 13.3 Å². The Balaban J connectivity index is 1.57. The van der Waals surface area contributed by atoms with E-state index in [2.05, 4.69) is 10.6 Å². The highest BCUT2D eigenvalue weighted by Crippen LogP contribution is 2.50. The van der Waals surface area contributed by atoms with Crippen molar-refractivity contribution in [3.8, 4) is 11.5 Å². The molecule has 0 aliphatic heterocycles. The van der Waals surface area contributed by atoms with E-state index in [1.807, 2.05) is 6.92 Å². The predicted octanol–water partition coefficient (Wildman–Crippen LogP) is 1.61. The van der Waals surface area contributed by atoms with Crippen LogP contribution in [0.2, 0.25) is 0 Å². The van der Waals surface area contributed by atoms with Gasteiger partial charge in [0.15, 0.2) is 11.6 Å². The molecule has 11 heteroatoms. The van der Waals surface area contributed by atoms with Crippen molar-refractivity contribution in [1.82, 2.24) is 10.6 Å². The fraction of sp³-hybridized carbons (Fsp3) is 0.407. The summed E-state index contributed by atoms with van der Waals surface area (Å²) in [6.07, 6.45) is -3.61. The number of aromatic hydroxyl groups is 2. The monoisotopic (exact) mass is 526 g/mol. The van der Waals surface area contributed by atoms with Crippen molar-refractivity contribution >= 4 is 23.6 Å². The zero-order chi connectivity index (χ0) is 27.8. The van der Waals surface area contributed by atoms with Crippen LogP contribution in [0.15, 0.2) is 24.3 Å². The first-order valence-corrected chi connectivity index (χ1v) is 12.4. The van der Waals surface area contributed by atoms with Gasteiger partial charge in [0.1, 0.15) is 23.2 Å². The second-order valence-electron chi connectivity index (χ2n) is 9.62. The minimum atomic E-state index is -1.89. The number of ketones is 2. The Labute approximate surface area is 218 Å². The number of hydrogen-bond acceptors (Lipinski definition) is 9. The quantitative estimate of drug-likeness (QED) is 0.249. The molecule has 38 heavy (non-hydrogen) atoms. The summed E-state index contributed by atoms with van der Waals surface area (Å²) in [7, 11) is 0. The lowest BCUT2D eigenvalue weighted by Crippen LogP contribution is -2.50. The zero-order valence-electron chi connectivity index (χ0n) is 21.0. The third-order valence-corrected chi connectivity index (χ3v) is 7.06. The summed E-state index contributed by atoms with van der Waals surface area (Å²) in [4.78, 5) is 50.2.